The highest BCUT2D eigenvalue weighted by molar-refractivity contribution is 5.73. The van der Waals surface area contributed by atoms with Crippen LogP contribution in [0.25, 0.3) is 0 Å². The number of likely N-dealkylation sites (tertiary alicyclic amines) is 2. The van der Waals surface area contributed by atoms with Gasteiger partial charge in [-0.2, -0.15) is 0 Å². The Labute approximate surface area is 110 Å². The Kier molecular flexibility index (Phi) is 5.01. The molecule has 2 aliphatic rings. The van der Waals surface area contributed by atoms with E-state index in [4.69, 9.17) is 0 Å². The van der Waals surface area contributed by atoms with E-state index in [0.717, 1.165) is 25.9 Å². The topological polar surface area (TPSA) is 43.8 Å². The maximum atomic E-state index is 11.2. The molecule has 0 aromatic carbocycles. The minimum Gasteiger partial charge on any atom is -0.480 e. The van der Waals surface area contributed by atoms with Crippen molar-refractivity contribution in [3.05, 3.63) is 0 Å². The molecular weight excluding hydrogens is 228 g/mol. The third kappa shape index (κ3) is 3.23. The molecule has 0 aliphatic carbocycles. The average molecular weight is 254 g/mol. The van der Waals surface area contributed by atoms with Crippen molar-refractivity contribution in [2.45, 2.75) is 57.5 Å². The summed E-state index contributed by atoms with van der Waals surface area (Å²) in [6.07, 6.45) is 7.06. The van der Waals surface area contributed by atoms with E-state index in [1.165, 1.54) is 32.4 Å². The first-order valence-corrected chi connectivity index (χ1v) is 7.43. The molecule has 0 spiro atoms. The Morgan fingerprint density at radius 3 is 2.28 bits per heavy atom. The van der Waals surface area contributed by atoms with Crippen LogP contribution < -0.4 is 0 Å². The van der Waals surface area contributed by atoms with Gasteiger partial charge in [0.05, 0.1) is 0 Å². The van der Waals surface area contributed by atoms with Crippen molar-refractivity contribution in [2.75, 3.05) is 26.2 Å². The molecule has 0 amide bonds. The maximum absolute atomic E-state index is 11.2. The third-order valence-electron chi connectivity index (χ3n) is 4.52. The predicted molar refractivity (Wildman–Crippen MR) is 71.7 cm³/mol. The Balaban J connectivity index is 1.81. The van der Waals surface area contributed by atoms with E-state index < -0.39 is 5.97 Å². The highest BCUT2D eigenvalue weighted by Gasteiger charge is 2.30. The molecule has 0 aromatic heterocycles. The van der Waals surface area contributed by atoms with Gasteiger partial charge in [-0.05, 0) is 45.2 Å². The largest absolute Gasteiger partial charge is 0.480 e. The third-order valence-corrected chi connectivity index (χ3v) is 4.52. The smallest absolute Gasteiger partial charge is 0.320 e. The highest BCUT2D eigenvalue weighted by atomic mass is 16.4. The van der Waals surface area contributed by atoms with Crippen LogP contribution in [0.4, 0.5) is 0 Å². The van der Waals surface area contributed by atoms with E-state index in [1.807, 2.05) is 6.92 Å². The van der Waals surface area contributed by atoms with Crippen molar-refractivity contribution >= 4 is 5.97 Å². The van der Waals surface area contributed by atoms with Gasteiger partial charge in [-0.25, -0.2) is 0 Å². The lowest BCUT2D eigenvalue weighted by Gasteiger charge is -2.41. The molecule has 0 aromatic rings. The number of carboxylic acid groups (broad SMARTS) is 1. The molecule has 1 atom stereocenters. The van der Waals surface area contributed by atoms with Crippen molar-refractivity contribution in [3.63, 3.8) is 0 Å². The molecule has 4 nitrogen and oxygen atoms in total. The van der Waals surface area contributed by atoms with Gasteiger partial charge in [-0.15, -0.1) is 0 Å². The van der Waals surface area contributed by atoms with Gasteiger partial charge in [-0.1, -0.05) is 13.3 Å². The van der Waals surface area contributed by atoms with E-state index in [9.17, 15) is 9.90 Å². The SMILES string of the molecule is CCC(C(=O)O)N1CCC(N2CCCCC2)CC1. The van der Waals surface area contributed by atoms with Crippen LogP contribution in [0.3, 0.4) is 0 Å². The van der Waals surface area contributed by atoms with Gasteiger partial charge in [0.2, 0.25) is 0 Å². The molecule has 2 rings (SSSR count). The summed E-state index contributed by atoms with van der Waals surface area (Å²) in [6.45, 7) is 6.37. The van der Waals surface area contributed by atoms with Crippen molar-refractivity contribution in [1.82, 2.24) is 9.80 Å². The number of piperidine rings is 2. The summed E-state index contributed by atoms with van der Waals surface area (Å²) in [7, 11) is 0. The molecule has 0 radical (unpaired) electrons. The highest BCUT2D eigenvalue weighted by Crippen LogP contribution is 2.22. The normalized spacial score (nSPS) is 26.1. The van der Waals surface area contributed by atoms with Crippen molar-refractivity contribution < 1.29 is 9.90 Å². The summed E-state index contributed by atoms with van der Waals surface area (Å²) in [6, 6.07) is 0.431. The van der Waals surface area contributed by atoms with Crippen LogP contribution >= 0.6 is 0 Å². The van der Waals surface area contributed by atoms with Crippen molar-refractivity contribution in [1.29, 1.82) is 0 Å². The van der Waals surface area contributed by atoms with Crippen LogP contribution in [0.15, 0.2) is 0 Å². The van der Waals surface area contributed by atoms with Gasteiger partial charge in [0, 0.05) is 19.1 Å². The van der Waals surface area contributed by atoms with Crippen LogP contribution in [0.5, 0.6) is 0 Å². The second-order valence-corrected chi connectivity index (χ2v) is 5.63. The molecule has 2 aliphatic heterocycles. The molecule has 0 saturated carbocycles. The predicted octanol–water partition coefficient (Wildman–Crippen LogP) is 1.80. The van der Waals surface area contributed by atoms with E-state index in [0.29, 0.717) is 12.5 Å². The number of hydrogen-bond acceptors (Lipinski definition) is 3. The summed E-state index contributed by atoms with van der Waals surface area (Å²) in [5.41, 5.74) is 0. The number of nitrogens with zero attached hydrogens (tertiary/aromatic N) is 2. The Morgan fingerprint density at radius 1 is 1.17 bits per heavy atom. The lowest BCUT2D eigenvalue weighted by Crippen LogP contribution is -2.51. The van der Waals surface area contributed by atoms with Gasteiger partial charge in [0.25, 0.3) is 0 Å². The Bertz CT molecular complexity index is 269. The standard InChI is InChI=1S/C14H26N2O2/c1-2-13(14(17)18)16-10-6-12(7-11-16)15-8-4-3-5-9-15/h12-13H,2-11H2,1H3,(H,17,18). The number of hydrogen-bond donors (Lipinski definition) is 1. The number of carbonyl (C=O) groups is 1. The minimum absolute atomic E-state index is 0.271. The first-order chi connectivity index (χ1) is 8.72. The van der Waals surface area contributed by atoms with E-state index in [1.54, 1.807) is 0 Å². The lowest BCUT2D eigenvalue weighted by atomic mass is 9.98. The van der Waals surface area contributed by atoms with E-state index in [2.05, 4.69) is 9.80 Å². The number of rotatable bonds is 4. The van der Waals surface area contributed by atoms with Crippen LogP contribution in [0.1, 0.15) is 45.4 Å². The fourth-order valence-electron chi connectivity index (χ4n) is 3.44. The Hall–Kier alpha value is -0.610. The summed E-state index contributed by atoms with van der Waals surface area (Å²) in [5.74, 6) is -0.658. The second kappa shape index (κ2) is 6.53. The summed E-state index contributed by atoms with van der Waals surface area (Å²) in [5, 5.41) is 9.19. The number of aliphatic carboxylic acids is 1. The molecule has 2 fully saturated rings. The molecule has 1 unspecified atom stereocenters. The monoisotopic (exact) mass is 254 g/mol. The number of carboxylic acids is 1. The van der Waals surface area contributed by atoms with Crippen LogP contribution in [0.2, 0.25) is 0 Å². The quantitative estimate of drug-likeness (QED) is 0.831. The summed E-state index contributed by atoms with van der Waals surface area (Å²) in [4.78, 5) is 15.9. The molecule has 0 bridgehead atoms. The zero-order valence-electron chi connectivity index (χ0n) is 11.5. The van der Waals surface area contributed by atoms with E-state index >= 15 is 0 Å². The molecular formula is C14H26N2O2. The molecule has 2 saturated heterocycles. The van der Waals surface area contributed by atoms with Crippen molar-refractivity contribution in [2.24, 2.45) is 0 Å². The fourth-order valence-corrected chi connectivity index (χ4v) is 3.44. The Morgan fingerprint density at radius 2 is 1.78 bits per heavy atom. The molecule has 18 heavy (non-hydrogen) atoms. The van der Waals surface area contributed by atoms with Gasteiger partial charge in [0.1, 0.15) is 6.04 Å². The summed E-state index contributed by atoms with van der Waals surface area (Å²) >= 11 is 0. The summed E-state index contributed by atoms with van der Waals surface area (Å²) < 4.78 is 0. The van der Waals surface area contributed by atoms with Crippen molar-refractivity contribution in [3.8, 4) is 0 Å². The second-order valence-electron chi connectivity index (χ2n) is 5.63. The van der Waals surface area contributed by atoms with Gasteiger partial charge in [0.15, 0.2) is 0 Å². The minimum atomic E-state index is -0.658. The first-order valence-electron chi connectivity index (χ1n) is 7.43. The van der Waals surface area contributed by atoms with Gasteiger partial charge in [-0.3, -0.25) is 9.69 Å². The molecule has 1 N–H and O–H groups in total. The maximum Gasteiger partial charge on any atom is 0.320 e. The molecule has 104 valence electrons. The van der Waals surface area contributed by atoms with E-state index in [-0.39, 0.29) is 6.04 Å². The van der Waals surface area contributed by atoms with Crippen LogP contribution in [-0.4, -0.2) is 59.1 Å². The molecule has 4 heteroatoms. The fraction of sp³-hybridized carbons (Fsp3) is 0.929. The molecule has 2 heterocycles. The van der Waals surface area contributed by atoms with Gasteiger partial charge < -0.3 is 10.0 Å². The first kappa shape index (κ1) is 13.8. The zero-order chi connectivity index (χ0) is 13.0. The van der Waals surface area contributed by atoms with Crippen LogP contribution in [0, 0.1) is 0 Å². The zero-order valence-corrected chi connectivity index (χ0v) is 11.5. The van der Waals surface area contributed by atoms with Crippen LogP contribution in [-0.2, 0) is 4.79 Å². The van der Waals surface area contributed by atoms with Gasteiger partial charge >= 0.3 is 5.97 Å². The average Bonchev–Trinajstić information content (AvgIpc) is 2.41. The lowest BCUT2D eigenvalue weighted by molar-refractivity contribution is -0.144.